The molecule has 0 aliphatic heterocycles. The van der Waals surface area contributed by atoms with Gasteiger partial charge in [-0.1, -0.05) is 35.5 Å². The summed E-state index contributed by atoms with van der Waals surface area (Å²) in [4.78, 5) is 5.45. The third-order valence-corrected chi connectivity index (χ3v) is 5.14. The monoisotopic (exact) mass is 298 g/mol. The quantitative estimate of drug-likeness (QED) is 0.583. The zero-order valence-corrected chi connectivity index (χ0v) is 12.6. The lowest BCUT2D eigenvalue weighted by Gasteiger charge is -2.04. The van der Waals surface area contributed by atoms with E-state index in [4.69, 9.17) is 11.6 Å². The topological polar surface area (TPSA) is 17.8 Å². The number of hydrogen-bond donors (Lipinski definition) is 0. The molecule has 0 bridgehead atoms. The molecular weight excluding hydrogens is 284 g/mol. The molecule has 0 aliphatic carbocycles. The molecule has 0 aliphatic rings. The Balaban J connectivity index is 1.68. The van der Waals surface area contributed by atoms with Gasteiger partial charge in [0.1, 0.15) is 0 Å². The van der Waals surface area contributed by atoms with E-state index in [9.17, 15) is 0 Å². The van der Waals surface area contributed by atoms with Gasteiger partial charge in [0, 0.05) is 30.1 Å². The Kier molecular flexibility index (Phi) is 5.47. The summed E-state index contributed by atoms with van der Waals surface area (Å²) < 4.78 is 2.05. The Labute approximate surface area is 121 Å². The number of rotatable bonds is 6. The molecule has 18 heavy (non-hydrogen) atoms. The summed E-state index contributed by atoms with van der Waals surface area (Å²) in [6.45, 7) is 0. The maximum Gasteiger partial charge on any atom is 0.167 e. The minimum absolute atomic E-state index is 0.847. The first kappa shape index (κ1) is 13.8. The summed E-state index contributed by atoms with van der Waals surface area (Å²) in [5, 5.41) is 1.93. The van der Waals surface area contributed by atoms with Crippen LogP contribution < -0.4 is 0 Å². The number of aromatic nitrogens is 2. The standard InChI is InChI=1S/C13H15ClN2S2/c1-16-8-7-15-13(16)18-10-4-9-17-12-6-3-2-5-11(12)14/h2-3,5-8H,4,9-10H2,1H3. The van der Waals surface area contributed by atoms with Crippen LogP contribution in [0.1, 0.15) is 6.42 Å². The van der Waals surface area contributed by atoms with E-state index in [1.54, 1.807) is 11.8 Å². The average molecular weight is 299 g/mol. The van der Waals surface area contributed by atoms with E-state index in [2.05, 4.69) is 11.1 Å². The Morgan fingerprint density at radius 3 is 2.72 bits per heavy atom. The van der Waals surface area contributed by atoms with Gasteiger partial charge in [0.2, 0.25) is 0 Å². The van der Waals surface area contributed by atoms with Crippen LogP contribution in [-0.4, -0.2) is 21.1 Å². The largest absolute Gasteiger partial charge is 0.329 e. The molecule has 0 saturated carbocycles. The van der Waals surface area contributed by atoms with Crippen molar-refractivity contribution < 1.29 is 0 Å². The molecule has 0 radical (unpaired) electrons. The second-order valence-corrected chi connectivity index (χ2v) is 6.41. The van der Waals surface area contributed by atoms with Crippen LogP contribution in [0, 0.1) is 0 Å². The summed E-state index contributed by atoms with van der Waals surface area (Å²) in [7, 11) is 2.02. The number of halogens is 1. The lowest BCUT2D eigenvalue weighted by Crippen LogP contribution is -1.91. The molecule has 0 saturated heterocycles. The Hall–Kier alpha value is -0.580. The Bertz CT molecular complexity index is 499. The molecule has 96 valence electrons. The van der Waals surface area contributed by atoms with E-state index in [1.807, 2.05) is 54.0 Å². The van der Waals surface area contributed by atoms with Gasteiger partial charge >= 0.3 is 0 Å². The highest BCUT2D eigenvalue weighted by molar-refractivity contribution is 8.00. The van der Waals surface area contributed by atoms with Crippen molar-refractivity contribution in [1.82, 2.24) is 9.55 Å². The molecule has 2 nitrogen and oxygen atoms in total. The van der Waals surface area contributed by atoms with E-state index in [0.717, 1.165) is 28.1 Å². The second-order valence-electron chi connectivity index (χ2n) is 3.80. The molecular formula is C13H15ClN2S2. The van der Waals surface area contributed by atoms with Crippen molar-refractivity contribution in [2.45, 2.75) is 16.5 Å². The van der Waals surface area contributed by atoms with Gasteiger partial charge in [-0.2, -0.15) is 0 Å². The minimum atomic E-state index is 0.847. The molecule has 0 unspecified atom stereocenters. The zero-order chi connectivity index (χ0) is 12.8. The van der Waals surface area contributed by atoms with Gasteiger partial charge in [-0.15, -0.1) is 11.8 Å². The fourth-order valence-corrected chi connectivity index (χ4v) is 3.70. The third-order valence-electron chi connectivity index (χ3n) is 2.39. The van der Waals surface area contributed by atoms with Gasteiger partial charge in [0.05, 0.1) is 5.02 Å². The van der Waals surface area contributed by atoms with Gasteiger partial charge in [-0.05, 0) is 24.3 Å². The second kappa shape index (κ2) is 7.12. The molecule has 0 atom stereocenters. The number of thioether (sulfide) groups is 2. The maximum absolute atomic E-state index is 6.10. The SMILES string of the molecule is Cn1ccnc1SCCCSc1ccccc1Cl. The highest BCUT2D eigenvalue weighted by Crippen LogP contribution is 2.27. The van der Waals surface area contributed by atoms with Crippen molar-refractivity contribution in [3.05, 3.63) is 41.7 Å². The number of aryl methyl sites for hydroxylation is 1. The van der Waals surface area contributed by atoms with E-state index in [0.29, 0.717) is 0 Å². The average Bonchev–Trinajstić information content (AvgIpc) is 2.77. The lowest BCUT2D eigenvalue weighted by atomic mass is 10.4. The summed E-state index contributed by atoms with van der Waals surface area (Å²) in [5.74, 6) is 2.17. The predicted molar refractivity (Wildman–Crippen MR) is 80.7 cm³/mol. The fourth-order valence-electron chi connectivity index (χ4n) is 1.46. The summed E-state index contributed by atoms with van der Waals surface area (Å²) in [6.07, 6.45) is 4.95. The van der Waals surface area contributed by atoms with Crippen LogP contribution in [0.5, 0.6) is 0 Å². The van der Waals surface area contributed by atoms with Crippen molar-refractivity contribution in [2.75, 3.05) is 11.5 Å². The molecule has 0 fully saturated rings. The lowest BCUT2D eigenvalue weighted by molar-refractivity contribution is 0.789. The molecule has 2 aromatic rings. The van der Waals surface area contributed by atoms with Crippen LogP contribution in [0.2, 0.25) is 5.02 Å². The van der Waals surface area contributed by atoms with Gasteiger partial charge in [-0.3, -0.25) is 0 Å². The van der Waals surface area contributed by atoms with Crippen LogP contribution in [-0.2, 0) is 7.05 Å². The number of benzene rings is 1. The highest BCUT2D eigenvalue weighted by atomic mass is 35.5. The van der Waals surface area contributed by atoms with E-state index >= 15 is 0 Å². The molecule has 0 N–H and O–H groups in total. The highest BCUT2D eigenvalue weighted by Gasteiger charge is 2.01. The maximum atomic E-state index is 6.10. The Morgan fingerprint density at radius 1 is 1.22 bits per heavy atom. The van der Waals surface area contributed by atoms with Crippen molar-refractivity contribution in [3.8, 4) is 0 Å². The fraction of sp³-hybridized carbons (Fsp3) is 0.308. The van der Waals surface area contributed by atoms with Crippen LogP contribution in [0.4, 0.5) is 0 Å². The van der Waals surface area contributed by atoms with Crippen LogP contribution >= 0.6 is 35.1 Å². The van der Waals surface area contributed by atoms with Gasteiger partial charge in [-0.25, -0.2) is 4.98 Å². The summed E-state index contributed by atoms with van der Waals surface area (Å²) in [6, 6.07) is 7.99. The molecule has 0 spiro atoms. The van der Waals surface area contributed by atoms with Crippen LogP contribution in [0.25, 0.3) is 0 Å². The van der Waals surface area contributed by atoms with Crippen molar-refractivity contribution in [1.29, 1.82) is 0 Å². The number of nitrogens with zero attached hydrogens (tertiary/aromatic N) is 2. The van der Waals surface area contributed by atoms with Crippen LogP contribution in [0.15, 0.2) is 46.7 Å². The van der Waals surface area contributed by atoms with Gasteiger partial charge in [0.25, 0.3) is 0 Å². The minimum Gasteiger partial charge on any atom is -0.329 e. The normalized spacial score (nSPS) is 10.8. The van der Waals surface area contributed by atoms with Crippen molar-refractivity contribution in [3.63, 3.8) is 0 Å². The summed E-state index contributed by atoms with van der Waals surface area (Å²) >= 11 is 9.71. The first-order valence-electron chi connectivity index (χ1n) is 5.75. The summed E-state index contributed by atoms with van der Waals surface area (Å²) in [5.41, 5.74) is 0. The van der Waals surface area contributed by atoms with Crippen LogP contribution in [0.3, 0.4) is 0 Å². The van der Waals surface area contributed by atoms with E-state index in [-0.39, 0.29) is 0 Å². The molecule has 5 heteroatoms. The first-order chi connectivity index (χ1) is 8.77. The van der Waals surface area contributed by atoms with Gasteiger partial charge in [0.15, 0.2) is 5.16 Å². The van der Waals surface area contributed by atoms with Crippen molar-refractivity contribution in [2.24, 2.45) is 7.05 Å². The smallest absolute Gasteiger partial charge is 0.167 e. The molecule has 0 amide bonds. The third kappa shape index (κ3) is 3.97. The van der Waals surface area contributed by atoms with E-state index < -0.39 is 0 Å². The Morgan fingerprint density at radius 2 is 2.00 bits per heavy atom. The molecule has 1 aromatic heterocycles. The predicted octanol–water partition coefficient (Wildman–Crippen LogP) is 4.35. The molecule has 2 rings (SSSR count). The van der Waals surface area contributed by atoms with Gasteiger partial charge < -0.3 is 4.57 Å². The first-order valence-corrected chi connectivity index (χ1v) is 8.10. The van der Waals surface area contributed by atoms with Crippen molar-refractivity contribution >= 4 is 35.1 Å². The molecule has 1 heterocycles. The van der Waals surface area contributed by atoms with E-state index in [1.165, 1.54) is 4.90 Å². The number of hydrogen-bond acceptors (Lipinski definition) is 3. The number of imidazole rings is 1. The molecule has 1 aromatic carbocycles. The zero-order valence-electron chi connectivity index (χ0n) is 10.2.